The molecular weight excluding hydrogens is 370 g/mol. The summed E-state index contributed by atoms with van der Waals surface area (Å²) in [6, 6.07) is 15.0. The summed E-state index contributed by atoms with van der Waals surface area (Å²) >= 11 is 1.88. The average Bonchev–Trinajstić information content (AvgIpc) is 3.41. The van der Waals surface area contributed by atoms with E-state index in [1.165, 1.54) is 15.3 Å². The summed E-state index contributed by atoms with van der Waals surface area (Å²) in [5.41, 5.74) is 1.29. The predicted octanol–water partition coefficient (Wildman–Crippen LogP) is 2.83. The third-order valence-corrected chi connectivity index (χ3v) is 6.60. The molecule has 1 atom stereocenters. The molecule has 150 valence electrons. The molecule has 3 heterocycles. The smallest absolute Gasteiger partial charge is 0.234 e. The lowest BCUT2D eigenvalue weighted by Gasteiger charge is -2.34. The maximum Gasteiger partial charge on any atom is 0.234 e. The first-order chi connectivity index (χ1) is 13.8. The molecule has 1 N–H and O–H groups in total. The van der Waals surface area contributed by atoms with Crippen LogP contribution in [0, 0.1) is 0 Å². The van der Waals surface area contributed by atoms with Crippen LogP contribution in [0.1, 0.15) is 17.7 Å². The van der Waals surface area contributed by atoms with Gasteiger partial charge in [0, 0.05) is 55.6 Å². The molecule has 1 aromatic carbocycles. The average molecular weight is 400 g/mol. The molecule has 2 aliphatic rings. The fraction of sp³-hybridized carbons (Fsp3) is 0.500. The molecule has 5 nitrogen and oxygen atoms in total. The van der Waals surface area contributed by atoms with Crippen LogP contribution in [0.25, 0.3) is 10.4 Å². The second kappa shape index (κ2) is 9.65. The van der Waals surface area contributed by atoms with E-state index in [-0.39, 0.29) is 12.0 Å². The first-order valence-electron chi connectivity index (χ1n) is 10.2. The second-order valence-corrected chi connectivity index (χ2v) is 8.79. The van der Waals surface area contributed by atoms with E-state index in [4.69, 9.17) is 4.74 Å². The highest BCUT2D eigenvalue weighted by Crippen LogP contribution is 2.28. The maximum absolute atomic E-state index is 12.2. The number of hydrogen-bond acceptors (Lipinski definition) is 5. The Labute approximate surface area is 171 Å². The van der Waals surface area contributed by atoms with Crippen molar-refractivity contribution in [3.63, 3.8) is 0 Å². The molecular formula is C22H29N3O2S. The quantitative estimate of drug-likeness (QED) is 0.778. The molecule has 6 heteroatoms. The van der Waals surface area contributed by atoms with Gasteiger partial charge in [-0.15, -0.1) is 11.3 Å². The number of ether oxygens (including phenoxy) is 1. The third-order valence-electron chi connectivity index (χ3n) is 5.48. The Hall–Kier alpha value is -1.73. The van der Waals surface area contributed by atoms with Crippen LogP contribution in [0.5, 0.6) is 0 Å². The van der Waals surface area contributed by atoms with Gasteiger partial charge in [0.2, 0.25) is 5.91 Å². The van der Waals surface area contributed by atoms with Gasteiger partial charge in [-0.2, -0.15) is 0 Å². The summed E-state index contributed by atoms with van der Waals surface area (Å²) < 4.78 is 5.56. The Morgan fingerprint density at radius 3 is 2.61 bits per heavy atom. The predicted molar refractivity (Wildman–Crippen MR) is 113 cm³/mol. The standard InChI is InChI=1S/C22H29N3O2S/c26-22(23-15-19-7-4-14-27-19)17-25-12-10-24(11-13-25)16-20-8-9-21(28-20)18-5-2-1-3-6-18/h1-3,5-6,8-9,19H,4,7,10-17H2,(H,23,26)/t19-/m0/s1. The van der Waals surface area contributed by atoms with Crippen molar-refractivity contribution in [2.75, 3.05) is 45.9 Å². The molecule has 0 bridgehead atoms. The number of hydrogen-bond donors (Lipinski definition) is 1. The van der Waals surface area contributed by atoms with Gasteiger partial charge in [0.1, 0.15) is 0 Å². The van der Waals surface area contributed by atoms with Gasteiger partial charge in [-0.25, -0.2) is 0 Å². The largest absolute Gasteiger partial charge is 0.376 e. The number of carbonyl (C=O) groups excluding carboxylic acids is 1. The van der Waals surface area contributed by atoms with E-state index in [2.05, 4.69) is 57.6 Å². The molecule has 2 fully saturated rings. The molecule has 2 saturated heterocycles. The van der Waals surface area contributed by atoms with Crippen LogP contribution in [-0.2, 0) is 16.1 Å². The van der Waals surface area contributed by atoms with E-state index in [9.17, 15) is 4.79 Å². The van der Waals surface area contributed by atoms with Crippen LogP contribution in [-0.4, -0.2) is 67.7 Å². The molecule has 2 aliphatic heterocycles. The SMILES string of the molecule is O=C(CN1CCN(Cc2ccc(-c3ccccc3)s2)CC1)NC[C@@H]1CCCO1. The summed E-state index contributed by atoms with van der Waals surface area (Å²) in [6.45, 7) is 6.90. The van der Waals surface area contributed by atoms with Gasteiger partial charge in [0.25, 0.3) is 0 Å². The molecule has 0 aliphatic carbocycles. The van der Waals surface area contributed by atoms with E-state index in [0.29, 0.717) is 13.1 Å². The van der Waals surface area contributed by atoms with E-state index in [1.54, 1.807) is 0 Å². The van der Waals surface area contributed by atoms with Gasteiger partial charge in [-0.05, 0) is 30.5 Å². The lowest BCUT2D eigenvalue weighted by Crippen LogP contribution is -2.49. The molecule has 2 aromatic rings. The monoisotopic (exact) mass is 399 g/mol. The number of amides is 1. The van der Waals surface area contributed by atoms with Gasteiger partial charge in [-0.1, -0.05) is 30.3 Å². The molecule has 0 radical (unpaired) electrons. The molecule has 0 spiro atoms. The summed E-state index contributed by atoms with van der Waals surface area (Å²) in [4.78, 5) is 19.6. The molecule has 1 amide bonds. The topological polar surface area (TPSA) is 44.8 Å². The highest BCUT2D eigenvalue weighted by atomic mass is 32.1. The minimum Gasteiger partial charge on any atom is -0.376 e. The zero-order chi connectivity index (χ0) is 19.2. The fourth-order valence-corrected chi connectivity index (χ4v) is 4.89. The number of rotatable bonds is 7. The molecule has 1 aromatic heterocycles. The minimum atomic E-state index is 0.120. The third kappa shape index (κ3) is 5.41. The molecule has 0 unspecified atom stereocenters. The highest BCUT2D eigenvalue weighted by molar-refractivity contribution is 7.15. The van der Waals surface area contributed by atoms with Crippen molar-refractivity contribution >= 4 is 17.2 Å². The zero-order valence-electron chi connectivity index (χ0n) is 16.3. The second-order valence-electron chi connectivity index (χ2n) is 7.62. The van der Waals surface area contributed by atoms with Crippen LogP contribution in [0.2, 0.25) is 0 Å². The Bertz CT molecular complexity index is 750. The summed E-state index contributed by atoms with van der Waals surface area (Å²) in [5.74, 6) is 0.120. The van der Waals surface area contributed by atoms with E-state index in [1.807, 2.05) is 11.3 Å². The van der Waals surface area contributed by atoms with E-state index >= 15 is 0 Å². The number of benzene rings is 1. The van der Waals surface area contributed by atoms with Gasteiger partial charge in [0.15, 0.2) is 0 Å². The summed E-state index contributed by atoms with van der Waals surface area (Å²) in [7, 11) is 0. The number of thiophene rings is 1. The van der Waals surface area contributed by atoms with Gasteiger partial charge >= 0.3 is 0 Å². The fourth-order valence-electron chi connectivity index (χ4n) is 3.84. The van der Waals surface area contributed by atoms with Gasteiger partial charge in [-0.3, -0.25) is 14.6 Å². The van der Waals surface area contributed by atoms with Crippen molar-refractivity contribution in [3.8, 4) is 10.4 Å². The molecule has 0 saturated carbocycles. The number of carbonyl (C=O) groups is 1. The van der Waals surface area contributed by atoms with Crippen LogP contribution >= 0.6 is 11.3 Å². The van der Waals surface area contributed by atoms with Crippen molar-refractivity contribution < 1.29 is 9.53 Å². The molecule has 4 rings (SSSR count). The van der Waals surface area contributed by atoms with Gasteiger partial charge < -0.3 is 10.1 Å². The number of piperazine rings is 1. The maximum atomic E-state index is 12.2. The summed E-state index contributed by atoms with van der Waals surface area (Å²) in [6.07, 6.45) is 2.39. The lowest BCUT2D eigenvalue weighted by molar-refractivity contribution is -0.123. The van der Waals surface area contributed by atoms with Gasteiger partial charge in [0.05, 0.1) is 12.6 Å². The normalized spacial score (nSPS) is 21.1. The highest BCUT2D eigenvalue weighted by Gasteiger charge is 2.21. The lowest BCUT2D eigenvalue weighted by atomic mass is 10.2. The Balaban J connectivity index is 1.18. The number of nitrogens with one attached hydrogen (secondary N) is 1. The first kappa shape index (κ1) is 19.6. The number of nitrogens with zero attached hydrogens (tertiary/aromatic N) is 2. The first-order valence-corrected chi connectivity index (χ1v) is 11.0. The Kier molecular flexibility index (Phi) is 6.75. The van der Waals surface area contributed by atoms with E-state index in [0.717, 1.165) is 52.2 Å². The minimum absolute atomic E-state index is 0.120. The van der Waals surface area contributed by atoms with Crippen LogP contribution in [0.3, 0.4) is 0 Å². The van der Waals surface area contributed by atoms with Crippen molar-refractivity contribution in [2.24, 2.45) is 0 Å². The van der Waals surface area contributed by atoms with Crippen molar-refractivity contribution in [3.05, 3.63) is 47.3 Å². The van der Waals surface area contributed by atoms with Crippen molar-refractivity contribution in [1.29, 1.82) is 0 Å². The molecule has 28 heavy (non-hydrogen) atoms. The van der Waals surface area contributed by atoms with Crippen LogP contribution in [0.4, 0.5) is 0 Å². The Morgan fingerprint density at radius 1 is 1.07 bits per heavy atom. The van der Waals surface area contributed by atoms with Crippen LogP contribution < -0.4 is 5.32 Å². The van der Waals surface area contributed by atoms with Crippen molar-refractivity contribution in [1.82, 2.24) is 15.1 Å². The van der Waals surface area contributed by atoms with E-state index < -0.39 is 0 Å². The van der Waals surface area contributed by atoms with Crippen LogP contribution in [0.15, 0.2) is 42.5 Å². The summed E-state index contributed by atoms with van der Waals surface area (Å²) in [5, 5.41) is 3.02. The Morgan fingerprint density at radius 2 is 1.86 bits per heavy atom. The van der Waals surface area contributed by atoms with Crippen molar-refractivity contribution in [2.45, 2.75) is 25.5 Å². The zero-order valence-corrected chi connectivity index (χ0v) is 17.1.